The van der Waals surface area contributed by atoms with Crippen LogP contribution in [0.1, 0.15) is 12.0 Å². The minimum absolute atomic E-state index is 0.107. The van der Waals surface area contributed by atoms with Crippen molar-refractivity contribution in [1.82, 2.24) is 0 Å². The molecule has 0 saturated carbocycles. The van der Waals surface area contributed by atoms with E-state index >= 15 is 0 Å². The average molecular weight is 319 g/mol. The fraction of sp³-hybridized carbons (Fsp3) is 0.143. The molecule has 3 aromatic carbocycles. The Morgan fingerprint density at radius 2 is 1.62 bits per heavy atom. The number of carbonyl (C=O) groups excluding carboxylic acids is 1. The van der Waals surface area contributed by atoms with Crippen LogP contribution in [0.5, 0.6) is 5.75 Å². The molecule has 0 spiro atoms. The zero-order chi connectivity index (χ0) is 16.8. The van der Waals surface area contributed by atoms with Gasteiger partial charge in [-0.3, -0.25) is 4.79 Å². The molecular formula is C21H19O3. The first-order valence-corrected chi connectivity index (χ1v) is 7.89. The highest BCUT2D eigenvalue weighted by molar-refractivity contribution is 5.88. The molecule has 1 atom stereocenters. The number of ether oxygens (including phenoxy) is 2. The summed E-state index contributed by atoms with van der Waals surface area (Å²) in [6.45, 7) is 4.18. The Bertz CT molecular complexity index is 806. The molecule has 3 nitrogen and oxygen atoms in total. The van der Waals surface area contributed by atoms with E-state index in [9.17, 15) is 4.79 Å². The van der Waals surface area contributed by atoms with E-state index in [-0.39, 0.29) is 19.0 Å². The van der Waals surface area contributed by atoms with Gasteiger partial charge in [0.15, 0.2) is 0 Å². The lowest BCUT2D eigenvalue weighted by Gasteiger charge is -2.15. The van der Waals surface area contributed by atoms with Crippen molar-refractivity contribution in [3.8, 4) is 5.75 Å². The highest BCUT2D eigenvalue weighted by atomic mass is 16.5. The number of hydrogen-bond acceptors (Lipinski definition) is 3. The summed E-state index contributed by atoms with van der Waals surface area (Å²) in [6.07, 6.45) is -0.394. The topological polar surface area (TPSA) is 35.5 Å². The third-order valence-electron chi connectivity index (χ3n) is 3.68. The van der Waals surface area contributed by atoms with Crippen LogP contribution in [-0.4, -0.2) is 12.1 Å². The van der Waals surface area contributed by atoms with Crippen molar-refractivity contribution in [1.29, 1.82) is 0 Å². The molecule has 24 heavy (non-hydrogen) atoms. The Labute approximate surface area is 141 Å². The minimum atomic E-state index is -0.501. The SMILES string of the molecule is [CH2]C(CC(=O)OCc1ccccc1)Oc1cccc2ccccc12. The number of carbonyl (C=O) groups is 1. The molecule has 3 heteroatoms. The lowest BCUT2D eigenvalue weighted by molar-refractivity contribution is -0.146. The monoisotopic (exact) mass is 319 g/mol. The third kappa shape index (κ3) is 4.13. The summed E-state index contributed by atoms with van der Waals surface area (Å²) < 4.78 is 11.1. The smallest absolute Gasteiger partial charge is 0.309 e. The highest BCUT2D eigenvalue weighted by Gasteiger charge is 2.13. The molecule has 0 aromatic heterocycles. The highest BCUT2D eigenvalue weighted by Crippen LogP contribution is 2.26. The molecule has 1 unspecified atom stereocenters. The summed E-state index contributed by atoms with van der Waals surface area (Å²) in [7, 11) is 0. The summed E-state index contributed by atoms with van der Waals surface area (Å²) in [5.74, 6) is 0.406. The molecule has 0 N–H and O–H groups in total. The standard InChI is InChI=1S/C21H19O3/c1-16(14-21(22)23-15-17-8-3-2-4-9-17)24-20-13-7-11-18-10-5-6-12-19(18)20/h2-13,16H,1,14-15H2. The quantitative estimate of drug-likeness (QED) is 0.625. The van der Waals surface area contributed by atoms with Gasteiger partial charge in [0, 0.05) is 5.39 Å². The van der Waals surface area contributed by atoms with E-state index in [1.165, 1.54) is 0 Å². The molecule has 0 aliphatic carbocycles. The molecule has 1 radical (unpaired) electrons. The van der Waals surface area contributed by atoms with Gasteiger partial charge in [-0.1, -0.05) is 66.7 Å². The lowest BCUT2D eigenvalue weighted by atomic mass is 10.1. The van der Waals surface area contributed by atoms with Crippen molar-refractivity contribution in [3.05, 3.63) is 85.3 Å². The van der Waals surface area contributed by atoms with Gasteiger partial charge in [-0.25, -0.2) is 0 Å². The fourth-order valence-corrected chi connectivity index (χ4v) is 2.50. The maximum absolute atomic E-state index is 11.9. The second-order valence-electron chi connectivity index (χ2n) is 5.57. The zero-order valence-corrected chi connectivity index (χ0v) is 13.4. The van der Waals surface area contributed by atoms with E-state index in [2.05, 4.69) is 6.92 Å². The Morgan fingerprint density at radius 1 is 0.917 bits per heavy atom. The number of benzene rings is 3. The number of rotatable bonds is 6. The molecule has 0 aliphatic rings. The van der Waals surface area contributed by atoms with Crippen molar-refractivity contribution in [2.75, 3.05) is 0 Å². The first kappa shape index (κ1) is 16.1. The largest absolute Gasteiger partial charge is 0.489 e. The summed E-state index contributed by atoms with van der Waals surface area (Å²) in [4.78, 5) is 11.9. The molecular weight excluding hydrogens is 300 g/mol. The van der Waals surface area contributed by atoms with E-state index in [0.29, 0.717) is 0 Å². The van der Waals surface area contributed by atoms with Crippen LogP contribution < -0.4 is 4.74 Å². The van der Waals surface area contributed by atoms with Gasteiger partial charge in [0.2, 0.25) is 0 Å². The van der Waals surface area contributed by atoms with E-state index < -0.39 is 6.10 Å². The molecule has 0 fully saturated rings. The Hall–Kier alpha value is -2.81. The minimum Gasteiger partial charge on any atom is -0.489 e. The van der Waals surface area contributed by atoms with Crippen LogP contribution in [0.25, 0.3) is 10.8 Å². The van der Waals surface area contributed by atoms with Crippen LogP contribution in [0.15, 0.2) is 72.8 Å². The van der Waals surface area contributed by atoms with Crippen LogP contribution in [0.4, 0.5) is 0 Å². The van der Waals surface area contributed by atoms with Gasteiger partial charge in [-0.05, 0) is 23.9 Å². The second-order valence-corrected chi connectivity index (χ2v) is 5.57. The molecule has 0 amide bonds. The van der Waals surface area contributed by atoms with Crippen molar-refractivity contribution in [2.24, 2.45) is 0 Å². The van der Waals surface area contributed by atoms with Crippen molar-refractivity contribution in [2.45, 2.75) is 19.1 Å². The maximum atomic E-state index is 11.9. The summed E-state index contributed by atoms with van der Waals surface area (Å²) >= 11 is 0. The van der Waals surface area contributed by atoms with E-state index in [0.717, 1.165) is 22.1 Å². The zero-order valence-electron chi connectivity index (χ0n) is 13.4. The Morgan fingerprint density at radius 3 is 2.46 bits per heavy atom. The number of esters is 1. The van der Waals surface area contributed by atoms with Crippen molar-refractivity contribution in [3.63, 3.8) is 0 Å². The van der Waals surface area contributed by atoms with Gasteiger partial charge in [-0.2, -0.15) is 0 Å². The molecule has 0 aliphatic heterocycles. The van der Waals surface area contributed by atoms with Gasteiger partial charge in [0.1, 0.15) is 18.5 Å². The average Bonchev–Trinajstić information content (AvgIpc) is 2.61. The van der Waals surface area contributed by atoms with Crippen LogP contribution in [0.2, 0.25) is 0 Å². The van der Waals surface area contributed by atoms with Crippen molar-refractivity contribution >= 4 is 16.7 Å². The maximum Gasteiger partial charge on any atom is 0.309 e. The number of hydrogen-bond donors (Lipinski definition) is 0. The van der Waals surface area contributed by atoms with Gasteiger partial charge in [0.25, 0.3) is 0 Å². The van der Waals surface area contributed by atoms with Crippen LogP contribution in [-0.2, 0) is 16.1 Å². The Kier molecular flexibility index (Phi) is 5.12. The van der Waals surface area contributed by atoms with Crippen molar-refractivity contribution < 1.29 is 14.3 Å². The lowest BCUT2D eigenvalue weighted by Crippen LogP contribution is -2.19. The summed E-state index contributed by atoms with van der Waals surface area (Å²) in [6, 6.07) is 23.4. The number of fused-ring (bicyclic) bond motifs is 1. The van der Waals surface area contributed by atoms with Gasteiger partial charge in [0.05, 0.1) is 6.42 Å². The van der Waals surface area contributed by atoms with E-state index in [4.69, 9.17) is 9.47 Å². The summed E-state index contributed by atoms with van der Waals surface area (Å²) in [5.41, 5.74) is 0.960. The predicted octanol–water partition coefficient (Wildman–Crippen LogP) is 4.55. The van der Waals surface area contributed by atoms with Crippen LogP contribution >= 0.6 is 0 Å². The second kappa shape index (κ2) is 7.64. The van der Waals surface area contributed by atoms with Gasteiger partial charge in [-0.15, -0.1) is 0 Å². The third-order valence-corrected chi connectivity index (χ3v) is 3.68. The molecule has 3 rings (SSSR count). The van der Waals surface area contributed by atoms with Crippen LogP contribution in [0.3, 0.4) is 0 Å². The normalized spacial score (nSPS) is 11.9. The van der Waals surface area contributed by atoms with Crippen LogP contribution in [0, 0.1) is 6.92 Å². The fourth-order valence-electron chi connectivity index (χ4n) is 2.50. The summed E-state index contributed by atoms with van der Waals surface area (Å²) in [5, 5.41) is 2.10. The van der Waals surface area contributed by atoms with E-state index in [1.807, 2.05) is 72.8 Å². The predicted molar refractivity (Wildman–Crippen MR) is 94.6 cm³/mol. The molecule has 3 aromatic rings. The Balaban J connectivity index is 1.56. The molecule has 0 bridgehead atoms. The van der Waals surface area contributed by atoms with Gasteiger partial charge < -0.3 is 9.47 Å². The first-order chi connectivity index (χ1) is 11.7. The first-order valence-electron chi connectivity index (χ1n) is 7.89. The van der Waals surface area contributed by atoms with E-state index in [1.54, 1.807) is 0 Å². The molecule has 121 valence electrons. The molecule has 0 heterocycles. The van der Waals surface area contributed by atoms with Gasteiger partial charge >= 0.3 is 5.97 Å². The molecule has 0 saturated heterocycles.